The molecule has 0 spiro atoms. The molecule has 0 saturated carbocycles. The number of fused-ring (bicyclic) bond motifs is 10. The van der Waals surface area contributed by atoms with Gasteiger partial charge in [0.05, 0.1) is 22.1 Å². The lowest BCUT2D eigenvalue weighted by Gasteiger charge is -2.11. The van der Waals surface area contributed by atoms with Gasteiger partial charge < -0.3 is 4.57 Å². The van der Waals surface area contributed by atoms with Crippen LogP contribution in [-0.2, 0) is 0 Å². The van der Waals surface area contributed by atoms with Crippen molar-refractivity contribution in [2.75, 3.05) is 0 Å². The van der Waals surface area contributed by atoms with Gasteiger partial charge in [0.1, 0.15) is 5.82 Å². The third-order valence-corrected chi connectivity index (χ3v) is 11.2. The van der Waals surface area contributed by atoms with Crippen molar-refractivity contribution in [3.8, 4) is 33.8 Å². The fourth-order valence-electron chi connectivity index (χ4n) is 8.78. The van der Waals surface area contributed by atoms with Gasteiger partial charge in [-0.2, -0.15) is 0 Å². The van der Waals surface area contributed by atoms with E-state index in [9.17, 15) is 0 Å². The number of benzene rings is 7. The maximum atomic E-state index is 5.09. The zero-order valence-electron chi connectivity index (χ0n) is 29.1. The van der Waals surface area contributed by atoms with Gasteiger partial charge in [-0.1, -0.05) is 91.0 Å². The molecule has 3 heterocycles. The molecule has 0 aliphatic heterocycles. The van der Waals surface area contributed by atoms with Crippen molar-refractivity contribution in [1.82, 2.24) is 14.1 Å². The summed E-state index contributed by atoms with van der Waals surface area (Å²) in [6.45, 7) is 5.88. The molecule has 4 heteroatoms. The summed E-state index contributed by atoms with van der Waals surface area (Å²) in [6, 6.07) is 55.1. The van der Waals surface area contributed by atoms with E-state index in [-0.39, 0.29) is 0 Å². The highest BCUT2D eigenvalue weighted by atomic mass is 15.1. The Balaban J connectivity index is 1.10. The van der Waals surface area contributed by atoms with Crippen molar-refractivity contribution < 1.29 is 0 Å². The number of nitrogens with zero attached hydrogens (tertiary/aromatic N) is 4. The largest absolute Gasteiger partial charge is 0.309 e. The number of pyridine rings is 1. The van der Waals surface area contributed by atoms with Crippen LogP contribution in [0, 0.1) is 0 Å². The van der Waals surface area contributed by atoms with Crippen molar-refractivity contribution in [3.63, 3.8) is 0 Å². The smallest absolute Gasteiger partial charge is 0.138 e. The molecule has 0 bridgehead atoms. The van der Waals surface area contributed by atoms with Crippen molar-refractivity contribution >= 4 is 72.9 Å². The van der Waals surface area contributed by atoms with E-state index in [4.69, 9.17) is 4.98 Å². The maximum absolute atomic E-state index is 5.09. The molecule has 0 amide bonds. The van der Waals surface area contributed by atoms with E-state index in [2.05, 4.69) is 179 Å². The molecule has 0 atom stereocenters. The minimum atomic E-state index is 0.905. The molecular formula is C49H32N4. The quantitative estimate of drug-likeness (QED) is 0.171. The molecule has 3 aromatic heterocycles. The first kappa shape index (κ1) is 29.7. The fourth-order valence-corrected chi connectivity index (χ4v) is 8.78. The van der Waals surface area contributed by atoms with Gasteiger partial charge in [-0.25, -0.2) is 4.98 Å². The van der Waals surface area contributed by atoms with Gasteiger partial charge >= 0.3 is 0 Å². The lowest BCUT2D eigenvalue weighted by Crippen LogP contribution is -2.25. The third kappa shape index (κ3) is 4.30. The molecule has 0 N–H and O–H groups in total. The number of hydrogen-bond acceptors (Lipinski definition) is 2. The molecule has 1 aliphatic rings. The third-order valence-electron chi connectivity index (χ3n) is 11.2. The number of hydrogen-bond donors (Lipinski definition) is 0. The minimum Gasteiger partial charge on any atom is -0.309 e. The summed E-state index contributed by atoms with van der Waals surface area (Å²) in [5.74, 6) is 0.905. The summed E-state index contributed by atoms with van der Waals surface area (Å²) >= 11 is 0. The zero-order valence-corrected chi connectivity index (χ0v) is 29.1. The van der Waals surface area contributed by atoms with E-state index in [1.807, 2.05) is 12.4 Å². The van der Waals surface area contributed by atoms with Crippen LogP contribution in [0.25, 0.3) is 99.9 Å². The van der Waals surface area contributed by atoms with Gasteiger partial charge in [-0.3, -0.25) is 9.56 Å². The molecule has 7 aromatic carbocycles. The highest BCUT2D eigenvalue weighted by molar-refractivity contribution is 6.15. The monoisotopic (exact) mass is 676 g/mol. The summed E-state index contributed by atoms with van der Waals surface area (Å²) in [6.07, 6.45) is 3.87. The summed E-state index contributed by atoms with van der Waals surface area (Å²) in [5, 5.41) is 9.68. The number of rotatable bonds is 4. The van der Waals surface area contributed by atoms with E-state index in [1.165, 1.54) is 76.4 Å². The molecule has 10 aromatic rings. The fraction of sp³-hybridized carbons (Fsp3) is 0.0204. The Morgan fingerprint density at radius 2 is 1.19 bits per heavy atom. The Hall–Kier alpha value is -7.04. The summed E-state index contributed by atoms with van der Waals surface area (Å²) in [5.41, 5.74) is 13.0. The summed E-state index contributed by atoms with van der Waals surface area (Å²) in [7, 11) is 0. The second kappa shape index (κ2) is 11.2. The van der Waals surface area contributed by atoms with Gasteiger partial charge in [-0.15, -0.1) is 0 Å². The Morgan fingerprint density at radius 3 is 1.98 bits per heavy atom. The molecule has 0 unspecified atom stereocenters. The highest BCUT2D eigenvalue weighted by Gasteiger charge is 2.22. The Bertz CT molecular complexity index is 3310. The van der Waals surface area contributed by atoms with Crippen molar-refractivity contribution in [3.05, 3.63) is 174 Å². The molecule has 0 radical (unpaired) electrons. The van der Waals surface area contributed by atoms with Crippen LogP contribution in [0.3, 0.4) is 0 Å². The Morgan fingerprint density at radius 1 is 0.528 bits per heavy atom. The van der Waals surface area contributed by atoms with Crippen LogP contribution in [0.5, 0.6) is 0 Å². The lowest BCUT2D eigenvalue weighted by molar-refractivity contribution is 1.08. The van der Waals surface area contributed by atoms with Gasteiger partial charge in [0.25, 0.3) is 0 Å². The van der Waals surface area contributed by atoms with Gasteiger partial charge in [0.2, 0.25) is 0 Å². The predicted molar refractivity (Wildman–Crippen MR) is 223 cm³/mol. The molecule has 1 aliphatic carbocycles. The molecular weight excluding hydrogens is 645 g/mol. The molecule has 11 rings (SSSR count). The molecule has 53 heavy (non-hydrogen) atoms. The number of para-hydroxylation sites is 2. The normalized spacial score (nSPS) is 12.8. The van der Waals surface area contributed by atoms with Gasteiger partial charge in [0.15, 0.2) is 0 Å². The van der Waals surface area contributed by atoms with Crippen molar-refractivity contribution in [1.29, 1.82) is 0 Å². The molecule has 4 nitrogen and oxygen atoms in total. The summed E-state index contributed by atoms with van der Waals surface area (Å²) in [4.78, 5) is 9.17. The van der Waals surface area contributed by atoms with Gasteiger partial charge in [-0.05, 0) is 118 Å². The Labute approximate surface area is 305 Å². The first-order valence-electron chi connectivity index (χ1n) is 18.0. The standard InChI is InChI=1S/C49H32N4/c1-30-43-29-51-48(27-39(43)38-17-10-13-35(28-50-2)49(30)38)53-44-18-9-8-16-37(44)40-24-33(20-22-46(40)53)34-19-21-45-41(25-34)42-23-31-11-6-7-12-32(31)26-47(42)52(45)36-14-4-3-5-15-36/h3-29H,2H2,1H3/b35-28-. The average molecular weight is 677 g/mol. The molecule has 248 valence electrons. The second-order valence-corrected chi connectivity index (χ2v) is 14.0. The topological polar surface area (TPSA) is 35.1 Å². The van der Waals surface area contributed by atoms with Crippen LogP contribution in [-0.4, -0.2) is 20.8 Å². The van der Waals surface area contributed by atoms with E-state index in [0.717, 1.165) is 33.3 Å². The van der Waals surface area contributed by atoms with E-state index >= 15 is 0 Å². The SMILES string of the molecule is C=N/C=c1/cccc2c1=C(C)c1cnc(-n3c4ccccc4c4cc(-c5ccc6c(c5)c5cc7ccccc7cc5n6-c5ccccc5)ccc43)cc1-2. The molecule has 0 fully saturated rings. The minimum absolute atomic E-state index is 0.905. The van der Waals surface area contributed by atoms with E-state index in [0.29, 0.717) is 0 Å². The maximum Gasteiger partial charge on any atom is 0.138 e. The van der Waals surface area contributed by atoms with Crippen LogP contribution in [0.2, 0.25) is 0 Å². The Kier molecular flexibility index (Phi) is 6.29. The van der Waals surface area contributed by atoms with Crippen LogP contribution in [0.15, 0.2) is 163 Å². The van der Waals surface area contributed by atoms with Crippen LogP contribution in [0.1, 0.15) is 12.5 Å². The van der Waals surface area contributed by atoms with E-state index in [1.54, 1.807) is 0 Å². The van der Waals surface area contributed by atoms with Crippen LogP contribution < -0.4 is 10.4 Å². The zero-order chi connectivity index (χ0) is 35.2. The summed E-state index contributed by atoms with van der Waals surface area (Å²) < 4.78 is 4.71. The first-order valence-corrected chi connectivity index (χ1v) is 18.0. The van der Waals surface area contributed by atoms with Crippen LogP contribution >= 0.6 is 0 Å². The predicted octanol–water partition coefficient (Wildman–Crippen LogP) is 10.7. The second-order valence-electron chi connectivity index (χ2n) is 14.0. The average Bonchev–Trinajstić information content (AvgIpc) is 3.82. The van der Waals surface area contributed by atoms with E-state index < -0.39 is 0 Å². The molecule has 0 saturated heterocycles. The first-order chi connectivity index (χ1) is 26.2. The highest BCUT2D eigenvalue weighted by Crippen LogP contribution is 2.40. The van der Waals surface area contributed by atoms with Crippen molar-refractivity contribution in [2.24, 2.45) is 4.99 Å². The van der Waals surface area contributed by atoms with Gasteiger partial charge in [0, 0.05) is 50.4 Å². The number of aromatic nitrogens is 3. The lowest BCUT2D eigenvalue weighted by atomic mass is 10.00. The van der Waals surface area contributed by atoms with Crippen LogP contribution in [0.4, 0.5) is 0 Å². The van der Waals surface area contributed by atoms with Crippen molar-refractivity contribution in [2.45, 2.75) is 6.92 Å². The number of aliphatic imine (C=N–C) groups is 1.